The van der Waals surface area contributed by atoms with Crippen LogP contribution in [0.4, 0.5) is 0 Å². The molecule has 1 aliphatic rings. The first-order valence-electron chi connectivity index (χ1n) is 6.18. The lowest BCUT2D eigenvalue weighted by molar-refractivity contribution is 0.0962. The van der Waals surface area contributed by atoms with Crippen LogP contribution in [0.3, 0.4) is 0 Å². The zero-order valence-electron chi connectivity index (χ0n) is 10.3. The van der Waals surface area contributed by atoms with Crippen LogP contribution < -0.4 is 4.74 Å². The molecule has 98 valence electrons. The van der Waals surface area contributed by atoms with Crippen LogP contribution in [0, 0.1) is 5.92 Å². The molecule has 0 radical (unpaired) electrons. The van der Waals surface area contributed by atoms with Gasteiger partial charge in [0.15, 0.2) is 5.78 Å². The van der Waals surface area contributed by atoms with Crippen molar-refractivity contribution in [2.24, 2.45) is 5.92 Å². The lowest BCUT2D eigenvalue weighted by Gasteiger charge is -2.11. The molecule has 18 heavy (non-hydrogen) atoms. The number of hydrogen-bond acceptors (Lipinski definition) is 2. The molecule has 1 fully saturated rings. The number of ketones is 1. The van der Waals surface area contributed by atoms with Crippen LogP contribution in [0.15, 0.2) is 12.1 Å². The number of carbonyl (C=O) groups is 1. The van der Waals surface area contributed by atoms with E-state index in [1.54, 1.807) is 12.1 Å². The van der Waals surface area contributed by atoms with Gasteiger partial charge in [-0.15, -0.1) is 0 Å². The van der Waals surface area contributed by atoms with Gasteiger partial charge >= 0.3 is 0 Å². The Morgan fingerprint density at radius 3 is 2.56 bits per heavy atom. The first-order valence-corrected chi connectivity index (χ1v) is 6.94. The average molecular weight is 287 g/mol. The van der Waals surface area contributed by atoms with E-state index >= 15 is 0 Å². The van der Waals surface area contributed by atoms with E-state index < -0.39 is 0 Å². The molecule has 1 saturated carbocycles. The molecular formula is C14H16Cl2O2. The lowest BCUT2D eigenvalue weighted by Crippen LogP contribution is -2.07. The normalized spacial score (nSPS) is 15.9. The van der Waals surface area contributed by atoms with Crippen molar-refractivity contribution in [2.75, 3.05) is 7.11 Å². The molecule has 4 heteroatoms. The minimum Gasteiger partial charge on any atom is -0.495 e. The highest BCUT2D eigenvalue weighted by molar-refractivity contribution is 6.44. The summed E-state index contributed by atoms with van der Waals surface area (Å²) in [6.45, 7) is 0. The Morgan fingerprint density at radius 1 is 1.28 bits per heavy atom. The standard InChI is InChI=1S/C14H16Cl2O2/c1-18-12-7-6-10(13(15)14(12)16)11(17)8-9-4-2-3-5-9/h6-7,9H,2-5,8H2,1H3. The van der Waals surface area contributed by atoms with Crippen molar-refractivity contribution in [3.63, 3.8) is 0 Å². The highest BCUT2D eigenvalue weighted by Crippen LogP contribution is 2.36. The fourth-order valence-electron chi connectivity index (χ4n) is 2.49. The number of Topliss-reactive ketones (excluding diaryl/α,β-unsaturated/α-hetero) is 1. The number of rotatable bonds is 4. The molecule has 0 N–H and O–H groups in total. The fourth-order valence-corrected chi connectivity index (χ4v) is 2.99. The maximum atomic E-state index is 12.2. The molecular weight excluding hydrogens is 271 g/mol. The molecule has 2 nitrogen and oxygen atoms in total. The molecule has 0 unspecified atom stereocenters. The third-order valence-corrected chi connectivity index (χ3v) is 4.38. The van der Waals surface area contributed by atoms with Gasteiger partial charge in [-0.25, -0.2) is 0 Å². The Kier molecular flexibility index (Phi) is 4.52. The van der Waals surface area contributed by atoms with E-state index in [-0.39, 0.29) is 5.78 Å². The van der Waals surface area contributed by atoms with Crippen molar-refractivity contribution >= 4 is 29.0 Å². The van der Waals surface area contributed by atoms with Gasteiger partial charge in [0.05, 0.1) is 12.1 Å². The summed E-state index contributed by atoms with van der Waals surface area (Å²) in [5.41, 5.74) is 0.509. The first-order chi connectivity index (χ1) is 8.63. The number of methoxy groups -OCH3 is 1. The largest absolute Gasteiger partial charge is 0.495 e. The second-order valence-electron chi connectivity index (χ2n) is 4.72. The van der Waals surface area contributed by atoms with E-state index in [4.69, 9.17) is 27.9 Å². The van der Waals surface area contributed by atoms with Crippen LogP contribution in [0.1, 0.15) is 42.5 Å². The van der Waals surface area contributed by atoms with E-state index in [1.807, 2.05) is 0 Å². The topological polar surface area (TPSA) is 26.3 Å². The maximum Gasteiger partial charge on any atom is 0.164 e. The van der Waals surface area contributed by atoms with Gasteiger partial charge in [-0.05, 0) is 18.1 Å². The van der Waals surface area contributed by atoms with Crippen molar-refractivity contribution < 1.29 is 9.53 Å². The Morgan fingerprint density at radius 2 is 1.94 bits per heavy atom. The third-order valence-electron chi connectivity index (χ3n) is 3.52. The minimum atomic E-state index is 0.0800. The van der Waals surface area contributed by atoms with E-state index in [9.17, 15) is 4.79 Å². The second-order valence-corrected chi connectivity index (χ2v) is 5.48. The Labute approximate surface area is 117 Å². The molecule has 1 aromatic rings. The van der Waals surface area contributed by atoms with Crippen LogP contribution in [-0.2, 0) is 0 Å². The SMILES string of the molecule is COc1ccc(C(=O)CC2CCCC2)c(Cl)c1Cl. The van der Waals surface area contributed by atoms with Gasteiger partial charge in [0.25, 0.3) is 0 Å². The first kappa shape index (κ1) is 13.7. The van der Waals surface area contributed by atoms with Gasteiger partial charge in [0.2, 0.25) is 0 Å². The molecule has 0 spiro atoms. The quantitative estimate of drug-likeness (QED) is 0.746. The molecule has 0 amide bonds. The van der Waals surface area contributed by atoms with Crippen LogP contribution in [0.2, 0.25) is 10.0 Å². The van der Waals surface area contributed by atoms with Crippen LogP contribution in [0.5, 0.6) is 5.75 Å². The van der Waals surface area contributed by atoms with Crippen molar-refractivity contribution in [3.8, 4) is 5.75 Å². The van der Waals surface area contributed by atoms with Crippen LogP contribution in [0.25, 0.3) is 0 Å². The van der Waals surface area contributed by atoms with E-state index in [0.29, 0.717) is 33.7 Å². The van der Waals surface area contributed by atoms with Crippen molar-refractivity contribution in [2.45, 2.75) is 32.1 Å². The molecule has 2 rings (SSSR count). The third kappa shape index (κ3) is 2.81. The summed E-state index contributed by atoms with van der Waals surface area (Å²) in [5.74, 6) is 1.09. The van der Waals surface area contributed by atoms with Crippen LogP contribution >= 0.6 is 23.2 Å². The second kappa shape index (κ2) is 5.94. The smallest absolute Gasteiger partial charge is 0.164 e. The van der Waals surface area contributed by atoms with Gasteiger partial charge in [0, 0.05) is 12.0 Å². The number of ether oxygens (including phenoxy) is 1. The Bertz CT molecular complexity index is 451. The Hall–Kier alpha value is -0.730. The van der Waals surface area contributed by atoms with Gasteiger partial charge in [0.1, 0.15) is 10.8 Å². The summed E-state index contributed by atoms with van der Waals surface area (Å²) in [6, 6.07) is 3.39. The van der Waals surface area contributed by atoms with Crippen LogP contribution in [-0.4, -0.2) is 12.9 Å². The predicted octanol–water partition coefficient (Wildman–Crippen LogP) is 4.77. The number of carbonyl (C=O) groups excluding carboxylic acids is 1. The zero-order chi connectivity index (χ0) is 13.1. The molecule has 0 aromatic heterocycles. The Balaban J connectivity index is 2.17. The molecule has 0 saturated heterocycles. The van der Waals surface area contributed by atoms with Gasteiger partial charge in [-0.1, -0.05) is 48.9 Å². The minimum absolute atomic E-state index is 0.0800. The summed E-state index contributed by atoms with van der Waals surface area (Å²) in [6.07, 6.45) is 5.33. The predicted molar refractivity (Wildman–Crippen MR) is 73.9 cm³/mol. The molecule has 0 atom stereocenters. The van der Waals surface area contributed by atoms with E-state index in [2.05, 4.69) is 0 Å². The lowest BCUT2D eigenvalue weighted by atomic mass is 9.97. The number of hydrogen-bond donors (Lipinski definition) is 0. The summed E-state index contributed by atoms with van der Waals surface area (Å²) in [4.78, 5) is 12.2. The van der Waals surface area contributed by atoms with Crippen molar-refractivity contribution in [1.29, 1.82) is 0 Å². The number of benzene rings is 1. The molecule has 1 aliphatic carbocycles. The summed E-state index contributed by atoms with van der Waals surface area (Å²) >= 11 is 12.2. The molecule has 0 bridgehead atoms. The molecule has 1 aromatic carbocycles. The zero-order valence-corrected chi connectivity index (χ0v) is 11.9. The fraction of sp³-hybridized carbons (Fsp3) is 0.500. The highest BCUT2D eigenvalue weighted by atomic mass is 35.5. The summed E-state index contributed by atoms with van der Waals surface area (Å²) in [5, 5.41) is 0.621. The van der Waals surface area contributed by atoms with Gasteiger partial charge in [-0.3, -0.25) is 4.79 Å². The van der Waals surface area contributed by atoms with Crippen molar-refractivity contribution in [1.82, 2.24) is 0 Å². The summed E-state index contributed by atoms with van der Waals surface area (Å²) in [7, 11) is 1.53. The molecule has 0 aliphatic heterocycles. The van der Waals surface area contributed by atoms with E-state index in [1.165, 1.54) is 20.0 Å². The highest BCUT2D eigenvalue weighted by Gasteiger charge is 2.22. The monoisotopic (exact) mass is 286 g/mol. The maximum absolute atomic E-state index is 12.2. The van der Waals surface area contributed by atoms with Crippen molar-refractivity contribution in [3.05, 3.63) is 27.7 Å². The average Bonchev–Trinajstić information content (AvgIpc) is 2.85. The molecule has 0 heterocycles. The van der Waals surface area contributed by atoms with E-state index in [0.717, 1.165) is 12.8 Å². The number of halogens is 2. The summed E-state index contributed by atoms with van der Waals surface area (Å²) < 4.78 is 5.07. The van der Waals surface area contributed by atoms with Gasteiger partial charge in [-0.2, -0.15) is 0 Å². The van der Waals surface area contributed by atoms with Gasteiger partial charge < -0.3 is 4.74 Å².